The van der Waals surface area contributed by atoms with Crippen LogP contribution in [-0.2, 0) is 16.1 Å². The zero-order chi connectivity index (χ0) is 28.4. The first-order chi connectivity index (χ1) is 18.4. The molecule has 2 saturated heterocycles. The van der Waals surface area contributed by atoms with Gasteiger partial charge < -0.3 is 14.4 Å². The molecule has 0 radical (unpaired) electrons. The Morgan fingerprint density at radius 1 is 1.00 bits per heavy atom. The van der Waals surface area contributed by atoms with Crippen molar-refractivity contribution in [2.75, 3.05) is 26.2 Å². The van der Waals surface area contributed by atoms with Gasteiger partial charge in [-0.15, -0.1) is 0 Å². The number of ether oxygens (including phenoxy) is 2. The Morgan fingerprint density at radius 3 is 2.33 bits per heavy atom. The second-order valence-electron chi connectivity index (χ2n) is 11.2. The van der Waals surface area contributed by atoms with Gasteiger partial charge in [-0.3, -0.25) is 9.69 Å². The van der Waals surface area contributed by atoms with E-state index in [4.69, 9.17) is 9.47 Å². The van der Waals surface area contributed by atoms with E-state index >= 15 is 0 Å². The van der Waals surface area contributed by atoms with Crippen LogP contribution >= 0.6 is 0 Å². The average molecular weight is 547 g/mol. The highest BCUT2D eigenvalue weighted by Gasteiger charge is 2.55. The van der Waals surface area contributed by atoms with Crippen LogP contribution in [-0.4, -0.2) is 60.3 Å². The molecule has 1 amide bonds. The summed E-state index contributed by atoms with van der Waals surface area (Å²) in [5.74, 6) is -1.45. The van der Waals surface area contributed by atoms with E-state index in [0.29, 0.717) is 57.0 Å². The first-order valence-corrected chi connectivity index (χ1v) is 13.5. The molecule has 212 valence electrons. The van der Waals surface area contributed by atoms with Crippen LogP contribution in [0.3, 0.4) is 0 Å². The summed E-state index contributed by atoms with van der Waals surface area (Å²) in [6, 6.07) is 13.2. The first-order valence-electron chi connectivity index (χ1n) is 13.5. The van der Waals surface area contributed by atoms with Gasteiger partial charge in [0.25, 0.3) is 5.91 Å². The number of nitrogens with zero attached hydrogens (tertiary/aromatic N) is 2. The number of para-hydroxylation sites is 1. The van der Waals surface area contributed by atoms with Gasteiger partial charge in [0, 0.05) is 29.6 Å². The van der Waals surface area contributed by atoms with E-state index in [1.165, 1.54) is 4.90 Å². The first kappa shape index (κ1) is 28.9. The molecule has 0 saturated carbocycles. The number of hydrogen-bond donors (Lipinski definition) is 0. The lowest BCUT2D eigenvalue weighted by Crippen LogP contribution is -2.51. The molecule has 1 spiro atoms. The summed E-state index contributed by atoms with van der Waals surface area (Å²) in [6.07, 6.45) is -4.93. The van der Waals surface area contributed by atoms with Crippen molar-refractivity contribution in [2.45, 2.75) is 65.9 Å². The summed E-state index contributed by atoms with van der Waals surface area (Å²) in [4.78, 5) is 29.2. The van der Waals surface area contributed by atoms with Gasteiger partial charge in [0.05, 0.1) is 6.61 Å². The number of carbonyl (C=O) groups excluding carboxylic acids is 2. The van der Waals surface area contributed by atoms with Crippen LogP contribution in [0.4, 0.5) is 13.2 Å². The van der Waals surface area contributed by atoms with Crippen LogP contribution in [0.1, 0.15) is 60.2 Å². The molecule has 2 aliphatic rings. The number of hydrogen-bond acceptors (Lipinski definition) is 5. The third-order valence-electron chi connectivity index (χ3n) is 7.99. The predicted molar refractivity (Wildman–Crippen MR) is 141 cm³/mol. The molecule has 4 rings (SSSR count). The van der Waals surface area contributed by atoms with E-state index in [1.54, 1.807) is 12.1 Å². The van der Waals surface area contributed by atoms with Gasteiger partial charge in [0.2, 0.25) is 0 Å². The van der Waals surface area contributed by atoms with Crippen molar-refractivity contribution in [3.05, 3.63) is 64.7 Å². The molecule has 39 heavy (non-hydrogen) atoms. The number of piperidine rings is 1. The summed E-state index contributed by atoms with van der Waals surface area (Å²) >= 11 is 0. The molecule has 2 aliphatic heterocycles. The molecule has 0 aromatic heterocycles. The Morgan fingerprint density at radius 2 is 1.67 bits per heavy atom. The summed E-state index contributed by atoms with van der Waals surface area (Å²) in [6.45, 7) is 10.5. The lowest BCUT2D eigenvalue weighted by atomic mass is 9.76. The molecule has 1 atom stereocenters. The maximum absolute atomic E-state index is 13.6. The lowest BCUT2D eigenvalue weighted by molar-refractivity contribution is -0.217. The van der Waals surface area contributed by atoms with Gasteiger partial charge >= 0.3 is 12.1 Å². The van der Waals surface area contributed by atoms with Crippen molar-refractivity contribution in [3.63, 3.8) is 0 Å². The number of alkyl halides is 3. The van der Waals surface area contributed by atoms with Crippen LogP contribution in [0.25, 0.3) is 0 Å². The molecular weight excluding hydrogens is 509 g/mol. The van der Waals surface area contributed by atoms with Gasteiger partial charge in [-0.1, -0.05) is 44.2 Å². The molecule has 2 aromatic carbocycles. The highest BCUT2D eigenvalue weighted by atomic mass is 19.4. The molecule has 0 N–H and O–H groups in total. The van der Waals surface area contributed by atoms with Crippen molar-refractivity contribution in [1.82, 2.24) is 9.80 Å². The van der Waals surface area contributed by atoms with Crippen LogP contribution in [0.15, 0.2) is 42.5 Å². The second kappa shape index (κ2) is 11.6. The minimum atomic E-state index is -5.14. The number of benzene rings is 2. The minimum Gasteiger partial charge on any atom is -0.493 e. The van der Waals surface area contributed by atoms with Crippen molar-refractivity contribution >= 4 is 11.9 Å². The van der Waals surface area contributed by atoms with Crippen LogP contribution in [0, 0.1) is 25.2 Å². The quantitative estimate of drug-likeness (QED) is 0.405. The third kappa shape index (κ3) is 6.40. The largest absolute Gasteiger partial charge is 0.493 e. The molecule has 2 heterocycles. The normalized spacial score (nSPS) is 19.5. The smallest absolute Gasteiger partial charge is 0.491 e. The van der Waals surface area contributed by atoms with E-state index in [-0.39, 0.29) is 6.54 Å². The van der Waals surface area contributed by atoms with E-state index in [0.717, 1.165) is 22.4 Å². The van der Waals surface area contributed by atoms with Crippen LogP contribution in [0.5, 0.6) is 5.75 Å². The Balaban J connectivity index is 1.52. The van der Waals surface area contributed by atoms with Crippen molar-refractivity contribution < 1.29 is 32.2 Å². The zero-order valence-corrected chi connectivity index (χ0v) is 23.0. The van der Waals surface area contributed by atoms with Crippen molar-refractivity contribution in [1.29, 1.82) is 0 Å². The zero-order valence-electron chi connectivity index (χ0n) is 23.0. The van der Waals surface area contributed by atoms with Crippen LogP contribution < -0.4 is 4.74 Å². The van der Waals surface area contributed by atoms with E-state index in [9.17, 15) is 22.8 Å². The maximum Gasteiger partial charge on any atom is 0.491 e. The average Bonchev–Trinajstić information content (AvgIpc) is 3.22. The van der Waals surface area contributed by atoms with Gasteiger partial charge in [-0.25, -0.2) is 4.79 Å². The Labute approximate surface area is 228 Å². The van der Waals surface area contributed by atoms with Crippen LogP contribution in [0.2, 0.25) is 0 Å². The minimum absolute atomic E-state index is 0.230. The highest BCUT2D eigenvalue weighted by molar-refractivity contribution is 5.96. The lowest BCUT2D eigenvalue weighted by Gasteiger charge is -2.43. The topological polar surface area (TPSA) is 59.1 Å². The second-order valence-corrected chi connectivity index (χ2v) is 11.2. The molecule has 0 bridgehead atoms. The van der Waals surface area contributed by atoms with E-state index < -0.39 is 29.7 Å². The number of esters is 1. The molecule has 1 unspecified atom stereocenters. The Kier molecular flexibility index (Phi) is 8.59. The van der Waals surface area contributed by atoms with Crippen molar-refractivity contribution in [2.24, 2.45) is 11.3 Å². The van der Waals surface area contributed by atoms with Gasteiger partial charge in [0.1, 0.15) is 5.75 Å². The highest BCUT2D eigenvalue weighted by Crippen LogP contribution is 2.47. The maximum atomic E-state index is 13.6. The number of rotatable bonds is 7. The fraction of sp³-hybridized carbons (Fsp3) is 0.533. The third-order valence-corrected chi connectivity index (χ3v) is 7.99. The Bertz CT molecular complexity index is 1190. The fourth-order valence-electron chi connectivity index (χ4n) is 5.54. The van der Waals surface area contributed by atoms with Crippen molar-refractivity contribution in [3.8, 4) is 5.75 Å². The number of aryl methyl sites for hydroxylation is 1. The van der Waals surface area contributed by atoms with Gasteiger partial charge in [-0.2, -0.15) is 13.2 Å². The molecule has 0 aliphatic carbocycles. The summed E-state index contributed by atoms with van der Waals surface area (Å²) in [5.41, 5.74) is 2.39. The summed E-state index contributed by atoms with van der Waals surface area (Å²) in [5, 5.41) is 0. The summed E-state index contributed by atoms with van der Waals surface area (Å²) < 4.78 is 51.0. The number of amides is 1. The fourth-order valence-corrected chi connectivity index (χ4v) is 5.54. The predicted octanol–water partition coefficient (Wildman–Crippen LogP) is 5.90. The van der Waals surface area contributed by atoms with Gasteiger partial charge in [-0.05, 0) is 75.4 Å². The molecule has 6 nitrogen and oxygen atoms in total. The molecular formula is C30H37F3N2O4. The SMILES string of the molecule is Cc1cccc(C(=O)N2CCC3(CCN(Cc4ccccc4OCC(C)C)CC3)C2OC(=O)C(F)(F)F)c1C. The number of carbonyl (C=O) groups is 2. The van der Waals surface area contributed by atoms with E-state index in [2.05, 4.69) is 18.7 Å². The molecule has 9 heteroatoms. The summed E-state index contributed by atoms with van der Waals surface area (Å²) in [7, 11) is 0. The van der Waals surface area contributed by atoms with E-state index in [1.807, 2.05) is 44.2 Å². The van der Waals surface area contributed by atoms with Gasteiger partial charge in [0.15, 0.2) is 6.23 Å². The molecule has 2 aromatic rings. The monoisotopic (exact) mass is 546 g/mol. The standard InChI is InChI=1S/C30H37F3N2O4/c1-20(2)19-38-25-11-6-5-9-23(25)18-34-15-12-29(13-16-34)14-17-35(27(29)39-28(37)30(31,32)33)26(36)24-10-7-8-21(3)22(24)4/h5-11,20,27H,12-19H2,1-4H3. The Hall–Kier alpha value is -3.07. The number of halogens is 3. The molecule has 2 fully saturated rings. The number of likely N-dealkylation sites (tertiary alicyclic amines) is 2.